The molecule has 2 N–H and O–H groups in total. The molecule has 0 spiro atoms. The summed E-state index contributed by atoms with van der Waals surface area (Å²) < 4.78 is 2.60. The Morgan fingerprint density at radius 1 is 1.56 bits per heavy atom. The summed E-state index contributed by atoms with van der Waals surface area (Å²) >= 11 is 3.41. The topological polar surface area (TPSA) is 62.5 Å². The van der Waals surface area contributed by atoms with Crippen LogP contribution in [0.4, 0.5) is 5.82 Å². The van der Waals surface area contributed by atoms with E-state index in [0.717, 1.165) is 28.9 Å². The number of nitrogens with zero attached hydrogens (tertiary/aromatic N) is 3. The Bertz CT molecular complexity index is 552. The van der Waals surface area contributed by atoms with E-state index in [9.17, 15) is 5.11 Å². The van der Waals surface area contributed by atoms with Gasteiger partial charge in [-0.25, -0.2) is 9.50 Å². The van der Waals surface area contributed by atoms with Crippen molar-refractivity contribution in [3.8, 4) is 0 Å². The summed E-state index contributed by atoms with van der Waals surface area (Å²) in [6.07, 6.45) is 6.55. The molecule has 0 saturated heterocycles. The van der Waals surface area contributed by atoms with Crippen molar-refractivity contribution in [2.75, 3.05) is 11.9 Å². The summed E-state index contributed by atoms with van der Waals surface area (Å²) in [7, 11) is 0. The number of aromatic nitrogens is 3. The Balaban J connectivity index is 1.61. The predicted molar refractivity (Wildman–Crippen MR) is 72.5 cm³/mol. The second kappa shape index (κ2) is 4.85. The van der Waals surface area contributed by atoms with Crippen LogP contribution in [0.25, 0.3) is 5.65 Å². The van der Waals surface area contributed by atoms with Crippen molar-refractivity contribution in [1.29, 1.82) is 0 Å². The molecule has 0 bridgehead atoms. The quantitative estimate of drug-likeness (QED) is 0.887. The lowest BCUT2D eigenvalue weighted by atomic mass is 10.2. The Morgan fingerprint density at radius 2 is 2.39 bits per heavy atom. The molecule has 3 rings (SSSR count). The lowest BCUT2D eigenvalue weighted by molar-refractivity contribution is 0.145. The number of rotatable bonds is 5. The second-order valence-corrected chi connectivity index (χ2v) is 5.55. The third-order valence-electron chi connectivity index (χ3n) is 3.24. The highest BCUT2D eigenvalue weighted by molar-refractivity contribution is 9.10. The van der Waals surface area contributed by atoms with Gasteiger partial charge in [0, 0.05) is 12.7 Å². The first-order valence-corrected chi connectivity index (χ1v) is 6.95. The Morgan fingerprint density at radius 3 is 3.17 bits per heavy atom. The molecule has 1 fully saturated rings. The van der Waals surface area contributed by atoms with Gasteiger partial charge in [0.15, 0.2) is 5.65 Å². The molecule has 1 aliphatic rings. The first-order valence-electron chi connectivity index (χ1n) is 6.16. The molecular weight excluding hydrogens is 296 g/mol. The number of aliphatic hydroxyl groups is 1. The molecule has 0 aromatic carbocycles. The van der Waals surface area contributed by atoms with Crippen LogP contribution in [0.5, 0.6) is 0 Å². The highest BCUT2D eigenvalue weighted by Crippen LogP contribution is 2.33. The van der Waals surface area contributed by atoms with Crippen LogP contribution in [-0.2, 0) is 0 Å². The zero-order valence-corrected chi connectivity index (χ0v) is 11.5. The number of hydrogen-bond acceptors (Lipinski definition) is 4. The van der Waals surface area contributed by atoms with Crippen molar-refractivity contribution in [3.05, 3.63) is 22.9 Å². The fourth-order valence-electron chi connectivity index (χ4n) is 2.00. The molecule has 1 unspecified atom stereocenters. The van der Waals surface area contributed by atoms with Gasteiger partial charge in [-0.15, -0.1) is 0 Å². The third-order valence-corrected chi connectivity index (χ3v) is 3.80. The van der Waals surface area contributed by atoms with Gasteiger partial charge in [-0.05, 0) is 47.2 Å². The molecule has 0 aliphatic heterocycles. The van der Waals surface area contributed by atoms with Gasteiger partial charge in [-0.2, -0.15) is 5.10 Å². The average molecular weight is 311 g/mol. The van der Waals surface area contributed by atoms with Gasteiger partial charge >= 0.3 is 0 Å². The summed E-state index contributed by atoms with van der Waals surface area (Å²) in [5.41, 5.74) is 0.794. The van der Waals surface area contributed by atoms with Gasteiger partial charge in [-0.1, -0.05) is 0 Å². The van der Waals surface area contributed by atoms with Crippen LogP contribution < -0.4 is 5.32 Å². The maximum atomic E-state index is 9.77. The van der Waals surface area contributed by atoms with Gasteiger partial charge in [0.1, 0.15) is 5.82 Å². The number of aliphatic hydroxyl groups excluding tert-OH is 1. The molecule has 2 aromatic rings. The largest absolute Gasteiger partial charge is 0.393 e. The molecule has 5 nitrogen and oxygen atoms in total. The van der Waals surface area contributed by atoms with Crippen LogP contribution in [0, 0.1) is 5.92 Å². The van der Waals surface area contributed by atoms with Crippen LogP contribution in [0.15, 0.2) is 22.9 Å². The molecule has 1 saturated carbocycles. The monoisotopic (exact) mass is 310 g/mol. The molecule has 2 heterocycles. The summed E-state index contributed by atoms with van der Waals surface area (Å²) in [5, 5.41) is 17.1. The van der Waals surface area contributed by atoms with E-state index in [4.69, 9.17) is 0 Å². The molecule has 96 valence electrons. The predicted octanol–water partition coefficient (Wildman–Crippen LogP) is 2.06. The molecule has 18 heavy (non-hydrogen) atoms. The summed E-state index contributed by atoms with van der Waals surface area (Å²) in [6, 6.07) is 1.88. The van der Waals surface area contributed by atoms with Crippen molar-refractivity contribution in [2.24, 2.45) is 5.92 Å². The number of anilines is 1. The highest BCUT2D eigenvalue weighted by atomic mass is 79.9. The number of halogens is 1. The number of nitrogens with one attached hydrogen (secondary N) is 1. The smallest absolute Gasteiger partial charge is 0.171 e. The third kappa shape index (κ3) is 2.49. The summed E-state index contributed by atoms with van der Waals surface area (Å²) in [5.74, 6) is 1.35. The van der Waals surface area contributed by atoms with E-state index in [1.165, 1.54) is 12.8 Å². The van der Waals surface area contributed by atoms with Crippen molar-refractivity contribution >= 4 is 27.4 Å². The van der Waals surface area contributed by atoms with Crippen LogP contribution in [0.1, 0.15) is 19.3 Å². The van der Waals surface area contributed by atoms with Crippen molar-refractivity contribution in [3.63, 3.8) is 0 Å². The van der Waals surface area contributed by atoms with E-state index in [2.05, 4.69) is 31.3 Å². The van der Waals surface area contributed by atoms with E-state index in [1.54, 1.807) is 10.7 Å². The first kappa shape index (κ1) is 11.9. The van der Waals surface area contributed by atoms with Gasteiger partial charge in [0.05, 0.1) is 16.8 Å². The SMILES string of the molecule is OC(CCNc1ccn2ncc(Br)c2n1)C1CC1. The maximum Gasteiger partial charge on any atom is 0.171 e. The minimum Gasteiger partial charge on any atom is -0.393 e. The molecule has 2 aromatic heterocycles. The molecule has 6 heteroatoms. The van der Waals surface area contributed by atoms with Crippen LogP contribution in [0.2, 0.25) is 0 Å². The van der Waals surface area contributed by atoms with Crippen LogP contribution >= 0.6 is 15.9 Å². The zero-order chi connectivity index (χ0) is 12.5. The summed E-state index contributed by atoms with van der Waals surface area (Å²) in [4.78, 5) is 4.45. The van der Waals surface area contributed by atoms with Crippen molar-refractivity contribution in [2.45, 2.75) is 25.4 Å². The lowest BCUT2D eigenvalue weighted by Crippen LogP contribution is -2.15. The number of fused-ring (bicyclic) bond motifs is 1. The Hall–Kier alpha value is -1.14. The zero-order valence-electron chi connectivity index (χ0n) is 9.88. The van der Waals surface area contributed by atoms with E-state index in [-0.39, 0.29) is 6.10 Å². The van der Waals surface area contributed by atoms with E-state index in [1.807, 2.05) is 12.3 Å². The van der Waals surface area contributed by atoms with Crippen LogP contribution in [-0.4, -0.2) is 32.4 Å². The van der Waals surface area contributed by atoms with Gasteiger partial charge < -0.3 is 10.4 Å². The van der Waals surface area contributed by atoms with Gasteiger partial charge in [0.2, 0.25) is 0 Å². The Kier molecular flexibility index (Phi) is 3.22. The molecular formula is C12H15BrN4O. The van der Waals surface area contributed by atoms with E-state index >= 15 is 0 Å². The highest BCUT2D eigenvalue weighted by Gasteiger charge is 2.28. The normalized spacial score (nSPS) is 17.0. The minimum absolute atomic E-state index is 0.164. The molecule has 0 amide bonds. The van der Waals surface area contributed by atoms with Gasteiger partial charge in [-0.3, -0.25) is 0 Å². The van der Waals surface area contributed by atoms with Gasteiger partial charge in [0.25, 0.3) is 0 Å². The van der Waals surface area contributed by atoms with E-state index < -0.39 is 0 Å². The fourth-order valence-corrected chi connectivity index (χ4v) is 2.37. The maximum absolute atomic E-state index is 9.77. The molecule has 1 aliphatic carbocycles. The lowest BCUT2D eigenvalue weighted by Gasteiger charge is -2.10. The Labute approximate surface area is 113 Å². The van der Waals surface area contributed by atoms with E-state index in [0.29, 0.717) is 5.92 Å². The second-order valence-electron chi connectivity index (χ2n) is 4.69. The summed E-state index contributed by atoms with van der Waals surface area (Å²) in [6.45, 7) is 0.743. The number of hydrogen-bond donors (Lipinski definition) is 2. The average Bonchev–Trinajstić information content (AvgIpc) is 3.16. The molecule has 0 radical (unpaired) electrons. The van der Waals surface area contributed by atoms with Crippen LogP contribution in [0.3, 0.4) is 0 Å². The fraction of sp³-hybridized carbons (Fsp3) is 0.500. The minimum atomic E-state index is -0.164. The molecule has 1 atom stereocenters. The first-order chi connectivity index (χ1) is 8.74. The standard InChI is InChI=1S/C12H15BrN4O/c13-9-7-15-17-6-4-11(16-12(9)17)14-5-3-10(18)8-1-2-8/h4,6-8,10,18H,1-3,5H2,(H,14,16). The van der Waals surface area contributed by atoms with Crippen molar-refractivity contribution < 1.29 is 5.11 Å². The van der Waals surface area contributed by atoms with Crippen molar-refractivity contribution in [1.82, 2.24) is 14.6 Å².